The molecule has 0 aliphatic heterocycles. The summed E-state index contributed by atoms with van der Waals surface area (Å²) in [4.78, 5) is 21.4. The third-order valence-corrected chi connectivity index (χ3v) is 2.45. The number of hydrogen-bond acceptors (Lipinski definition) is 5. The minimum Gasteiger partial charge on any atom is -0.383 e. The topological polar surface area (TPSA) is 84.1 Å². The van der Waals surface area contributed by atoms with Gasteiger partial charge >= 0.3 is 0 Å². The number of amides is 1. The number of carbonyl (C=O) groups excluding carboxylic acids is 1. The lowest BCUT2D eigenvalue weighted by Gasteiger charge is -2.14. The molecule has 94 valence electrons. The van der Waals surface area contributed by atoms with E-state index in [0.717, 1.165) is 5.56 Å². The Balaban J connectivity index is 2.83. The second kappa shape index (κ2) is 5.47. The third kappa shape index (κ3) is 3.30. The summed E-state index contributed by atoms with van der Waals surface area (Å²) < 4.78 is 0. The number of carbonyl (C=O) groups is 1. The lowest BCUT2D eigenvalue weighted by atomic mass is 10.3. The van der Waals surface area contributed by atoms with Crippen molar-refractivity contribution in [1.29, 1.82) is 0 Å². The van der Waals surface area contributed by atoms with Gasteiger partial charge in [-0.05, 0) is 6.92 Å². The lowest BCUT2D eigenvalue weighted by molar-refractivity contribution is -0.126. The van der Waals surface area contributed by atoms with Gasteiger partial charge in [0.15, 0.2) is 0 Å². The number of anilines is 2. The monoisotopic (exact) mass is 237 g/mol. The van der Waals surface area contributed by atoms with Crippen LogP contribution in [0.25, 0.3) is 0 Å². The van der Waals surface area contributed by atoms with Gasteiger partial charge in [-0.2, -0.15) is 0 Å². The first kappa shape index (κ1) is 13.2. The van der Waals surface area contributed by atoms with Crippen molar-refractivity contribution in [3.05, 3.63) is 11.4 Å². The Morgan fingerprint density at radius 2 is 2.06 bits per heavy atom. The number of aryl methyl sites for hydroxylation is 1. The summed E-state index contributed by atoms with van der Waals surface area (Å²) in [6.07, 6.45) is 0.709. The Bertz CT molecular complexity index is 417. The fourth-order valence-electron chi connectivity index (χ4n) is 1.23. The van der Waals surface area contributed by atoms with Crippen LogP contribution in [-0.4, -0.2) is 41.4 Å². The summed E-state index contributed by atoms with van der Waals surface area (Å²) in [5.74, 6) is 1.74. The van der Waals surface area contributed by atoms with Gasteiger partial charge in [0.1, 0.15) is 17.5 Å². The number of nitrogens with zero attached hydrogens (tertiary/aromatic N) is 3. The summed E-state index contributed by atoms with van der Waals surface area (Å²) in [5, 5.41) is 2.99. The highest BCUT2D eigenvalue weighted by Gasteiger charge is 2.09. The number of likely N-dealkylation sites (N-methyl/N-ethyl adjacent to an activating group) is 1. The second-order valence-corrected chi connectivity index (χ2v) is 3.99. The van der Waals surface area contributed by atoms with Crippen LogP contribution in [0.1, 0.15) is 18.3 Å². The first-order chi connectivity index (χ1) is 7.95. The Morgan fingerprint density at radius 1 is 1.41 bits per heavy atom. The molecule has 0 unspecified atom stereocenters. The fraction of sp³-hybridized carbons (Fsp3) is 0.545. The highest BCUT2D eigenvalue weighted by atomic mass is 16.2. The fourth-order valence-corrected chi connectivity index (χ4v) is 1.23. The molecule has 6 heteroatoms. The zero-order valence-corrected chi connectivity index (χ0v) is 10.7. The molecule has 0 aliphatic rings. The highest BCUT2D eigenvalue weighted by molar-refractivity contribution is 5.80. The molecule has 3 N–H and O–H groups in total. The van der Waals surface area contributed by atoms with Crippen LogP contribution >= 0.6 is 0 Å². The van der Waals surface area contributed by atoms with E-state index >= 15 is 0 Å². The van der Waals surface area contributed by atoms with Crippen molar-refractivity contribution < 1.29 is 4.79 Å². The number of aromatic nitrogens is 2. The van der Waals surface area contributed by atoms with E-state index in [-0.39, 0.29) is 12.5 Å². The van der Waals surface area contributed by atoms with Crippen LogP contribution < -0.4 is 11.1 Å². The minimum atomic E-state index is -0.0142. The first-order valence-corrected chi connectivity index (χ1v) is 5.52. The van der Waals surface area contributed by atoms with Gasteiger partial charge in [-0.1, -0.05) is 6.92 Å². The summed E-state index contributed by atoms with van der Waals surface area (Å²) >= 11 is 0. The van der Waals surface area contributed by atoms with E-state index in [1.807, 2.05) is 13.8 Å². The molecule has 1 heterocycles. The SMILES string of the molecule is CCc1nc(N)c(C)c(NCC(=O)N(C)C)n1. The molecule has 0 saturated heterocycles. The number of nitrogens with two attached hydrogens (primary N) is 1. The number of hydrogen-bond donors (Lipinski definition) is 2. The van der Waals surface area contributed by atoms with Crippen molar-refractivity contribution in [2.24, 2.45) is 0 Å². The maximum absolute atomic E-state index is 11.5. The molecule has 0 spiro atoms. The second-order valence-electron chi connectivity index (χ2n) is 3.99. The number of nitrogens with one attached hydrogen (secondary N) is 1. The van der Waals surface area contributed by atoms with E-state index in [4.69, 9.17) is 5.73 Å². The van der Waals surface area contributed by atoms with E-state index in [9.17, 15) is 4.79 Å². The van der Waals surface area contributed by atoms with Gasteiger partial charge in [-0.25, -0.2) is 9.97 Å². The molecule has 1 rings (SSSR count). The number of nitrogen functional groups attached to an aromatic ring is 1. The Hall–Kier alpha value is -1.85. The molecular weight excluding hydrogens is 218 g/mol. The van der Waals surface area contributed by atoms with Gasteiger partial charge in [0, 0.05) is 26.1 Å². The van der Waals surface area contributed by atoms with Crippen molar-refractivity contribution >= 4 is 17.5 Å². The average molecular weight is 237 g/mol. The van der Waals surface area contributed by atoms with Crippen LogP contribution in [0.15, 0.2) is 0 Å². The first-order valence-electron chi connectivity index (χ1n) is 5.52. The largest absolute Gasteiger partial charge is 0.383 e. The van der Waals surface area contributed by atoms with Crippen LogP contribution in [0.5, 0.6) is 0 Å². The van der Waals surface area contributed by atoms with Gasteiger partial charge in [-0.3, -0.25) is 4.79 Å². The summed E-state index contributed by atoms with van der Waals surface area (Å²) in [6.45, 7) is 3.99. The lowest BCUT2D eigenvalue weighted by Crippen LogP contribution is -2.29. The molecule has 17 heavy (non-hydrogen) atoms. The summed E-state index contributed by atoms with van der Waals surface area (Å²) in [6, 6.07) is 0. The van der Waals surface area contributed by atoms with Crippen molar-refractivity contribution in [1.82, 2.24) is 14.9 Å². The van der Waals surface area contributed by atoms with Gasteiger partial charge in [0.2, 0.25) is 5.91 Å². The van der Waals surface area contributed by atoms with Gasteiger partial charge in [0.25, 0.3) is 0 Å². The normalized spacial score (nSPS) is 10.1. The van der Waals surface area contributed by atoms with Crippen molar-refractivity contribution in [2.45, 2.75) is 20.3 Å². The molecule has 0 fully saturated rings. The highest BCUT2D eigenvalue weighted by Crippen LogP contribution is 2.17. The average Bonchev–Trinajstić information content (AvgIpc) is 2.30. The van der Waals surface area contributed by atoms with Crippen molar-refractivity contribution in [2.75, 3.05) is 31.7 Å². The zero-order chi connectivity index (χ0) is 13.0. The van der Waals surface area contributed by atoms with Crippen LogP contribution in [0.2, 0.25) is 0 Å². The van der Waals surface area contributed by atoms with E-state index in [2.05, 4.69) is 15.3 Å². The molecule has 0 aromatic carbocycles. The quantitative estimate of drug-likeness (QED) is 0.793. The van der Waals surface area contributed by atoms with E-state index in [0.29, 0.717) is 23.9 Å². The molecule has 1 aromatic heterocycles. The van der Waals surface area contributed by atoms with Crippen molar-refractivity contribution in [3.63, 3.8) is 0 Å². The smallest absolute Gasteiger partial charge is 0.241 e. The van der Waals surface area contributed by atoms with Crippen molar-refractivity contribution in [3.8, 4) is 0 Å². The summed E-state index contributed by atoms with van der Waals surface area (Å²) in [7, 11) is 3.42. The molecule has 0 aliphatic carbocycles. The molecule has 0 bridgehead atoms. The molecule has 1 aromatic rings. The molecule has 0 saturated carbocycles. The Labute approximate surface area is 101 Å². The predicted octanol–water partition coefficient (Wildman–Crippen LogP) is 0.430. The van der Waals surface area contributed by atoms with E-state index < -0.39 is 0 Å². The van der Waals surface area contributed by atoms with E-state index in [1.165, 1.54) is 4.90 Å². The van der Waals surface area contributed by atoms with Crippen LogP contribution in [0.4, 0.5) is 11.6 Å². The minimum absolute atomic E-state index is 0.0142. The molecule has 0 atom stereocenters. The summed E-state index contributed by atoms with van der Waals surface area (Å²) in [5.41, 5.74) is 6.55. The molecule has 0 radical (unpaired) electrons. The maximum atomic E-state index is 11.5. The Morgan fingerprint density at radius 3 is 2.59 bits per heavy atom. The van der Waals surface area contributed by atoms with E-state index in [1.54, 1.807) is 14.1 Å². The third-order valence-electron chi connectivity index (χ3n) is 2.45. The van der Waals surface area contributed by atoms with Gasteiger partial charge in [-0.15, -0.1) is 0 Å². The van der Waals surface area contributed by atoms with Crippen LogP contribution in [-0.2, 0) is 11.2 Å². The molecular formula is C11H19N5O. The van der Waals surface area contributed by atoms with Crippen LogP contribution in [0, 0.1) is 6.92 Å². The van der Waals surface area contributed by atoms with Gasteiger partial charge in [0.05, 0.1) is 6.54 Å². The van der Waals surface area contributed by atoms with Crippen LogP contribution in [0.3, 0.4) is 0 Å². The predicted molar refractivity (Wildman–Crippen MR) is 67.7 cm³/mol. The molecule has 6 nitrogen and oxygen atoms in total. The molecule has 1 amide bonds. The zero-order valence-electron chi connectivity index (χ0n) is 10.7. The Kier molecular flexibility index (Phi) is 4.25. The maximum Gasteiger partial charge on any atom is 0.241 e. The standard InChI is InChI=1S/C11H19N5O/c1-5-8-14-10(12)7(2)11(15-8)13-6-9(17)16(3)4/h5-6H2,1-4H3,(H3,12,13,14,15). The number of rotatable bonds is 4. The van der Waals surface area contributed by atoms with Gasteiger partial charge < -0.3 is 16.0 Å².